The molecule has 0 unspecified atom stereocenters. The summed E-state index contributed by atoms with van der Waals surface area (Å²) in [6.07, 6.45) is 8.32. The number of rotatable bonds is 6. The summed E-state index contributed by atoms with van der Waals surface area (Å²) in [6, 6.07) is -1.21. The molecule has 14 nitrogen and oxygen atoms in total. The van der Waals surface area contributed by atoms with Crippen LogP contribution in [-0.2, 0) is 47.7 Å². The Hall–Kier alpha value is -3.37. The largest absolute Gasteiger partial charge is 0.460 e. The molecule has 0 radical (unpaired) electrons. The number of nitrogens with zero attached hydrogens (tertiary/aromatic N) is 1. The molecule has 3 N–H and O–H groups in total. The fraction of sp³-hybridized carbons (Fsp3) is 0.745. The lowest BCUT2D eigenvalue weighted by Gasteiger charge is -2.42. The molecule has 0 aromatic heterocycles. The molecule has 15 atom stereocenters. The molecular weight excluding hydrogens is 835 g/mol. The van der Waals surface area contributed by atoms with E-state index in [0.717, 1.165) is 4.90 Å². The van der Waals surface area contributed by atoms with Crippen molar-refractivity contribution in [2.24, 2.45) is 35.5 Å². The number of ether oxygens (including phenoxy) is 5. The number of Topliss-reactive ketones (excluding diaryl/α,β-unsaturated/α-hetero) is 3. The molecule has 4 rings (SSSR count). The second-order valence-corrected chi connectivity index (χ2v) is 19.5. The number of ketones is 3. The maximum absolute atomic E-state index is 14.4. The highest BCUT2D eigenvalue weighted by Gasteiger charge is 2.53. The first kappa shape index (κ1) is 49.5. The van der Waals surface area contributed by atoms with E-state index in [0.29, 0.717) is 62.5 Å². The fourth-order valence-electron chi connectivity index (χ4n) is 9.98. The van der Waals surface area contributed by atoms with Crippen LogP contribution in [0, 0.1) is 35.5 Å². The highest BCUT2D eigenvalue weighted by atomic mass is 16.6. The Balaban J connectivity index is 1.73. The molecule has 2 bridgehead atoms. The van der Waals surface area contributed by atoms with Gasteiger partial charge in [-0.3, -0.25) is 19.2 Å². The number of allylic oxidation sites excluding steroid dienone is 6. The van der Waals surface area contributed by atoms with Crippen LogP contribution in [0.15, 0.2) is 47.6 Å². The minimum atomic E-state index is -2.80. The number of amides is 1. The summed E-state index contributed by atoms with van der Waals surface area (Å²) in [5.74, 6) is -8.82. The summed E-state index contributed by atoms with van der Waals surface area (Å²) in [6.45, 7) is 12.2. The van der Waals surface area contributed by atoms with E-state index in [1.807, 2.05) is 19.9 Å². The monoisotopic (exact) mass is 917 g/mol. The van der Waals surface area contributed by atoms with E-state index in [1.165, 1.54) is 7.11 Å². The molecule has 0 aromatic carbocycles. The van der Waals surface area contributed by atoms with Gasteiger partial charge in [0.1, 0.15) is 30.1 Å². The van der Waals surface area contributed by atoms with Crippen LogP contribution in [0.2, 0.25) is 0 Å². The minimum absolute atomic E-state index is 0.0213. The highest BCUT2D eigenvalue weighted by Crippen LogP contribution is 2.38. The van der Waals surface area contributed by atoms with Crippen LogP contribution in [0.5, 0.6) is 0 Å². The van der Waals surface area contributed by atoms with Crippen molar-refractivity contribution < 1.29 is 67.1 Å². The molecule has 4 aliphatic rings. The molecule has 0 spiro atoms. The molecule has 3 heterocycles. The summed E-state index contributed by atoms with van der Waals surface area (Å²) in [5, 5.41) is 33.9. The van der Waals surface area contributed by atoms with Gasteiger partial charge in [-0.05, 0) is 107 Å². The Labute approximate surface area is 391 Å². The number of esters is 1. The number of methoxy groups -OCH3 is 3. The molecule has 1 aliphatic carbocycles. The molecule has 1 amide bonds. The van der Waals surface area contributed by atoms with Crippen molar-refractivity contribution in [2.45, 2.75) is 180 Å². The molecular formula is C51H79NO13. The zero-order chi connectivity index (χ0) is 50.7. The molecule has 0 aromatic rings. The number of carbonyl (C=O) groups is 5. The van der Waals surface area contributed by atoms with Crippen molar-refractivity contribution in [3.8, 4) is 0 Å². The summed E-state index contributed by atoms with van der Waals surface area (Å²) >= 11 is 0. The Kier molecular flexibility index (Phi) is 19.1. The lowest BCUT2D eigenvalue weighted by Crippen LogP contribution is -2.61. The van der Waals surface area contributed by atoms with Crippen LogP contribution in [0.1, 0.15) is 130 Å². The predicted octanol–water partition coefficient (Wildman–Crippen LogP) is 6.18. The summed E-state index contributed by atoms with van der Waals surface area (Å²) in [4.78, 5) is 71.9. The van der Waals surface area contributed by atoms with Crippen molar-refractivity contribution >= 4 is 29.2 Å². The van der Waals surface area contributed by atoms with Crippen LogP contribution in [0.4, 0.5) is 0 Å². The number of piperidine rings is 1. The van der Waals surface area contributed by atoms with Crippen molar-refractivity contribution in [1.29, 1.82) is 0 Å². The third-order valence-corrected chi connectivity index (χ3v) is 14.3. The summed E-state index contributed by atoms with van der Waals surface area (Å²) in [7, 11) is 0.102. The number of hydrogen-bond acceptors (Lipinski definition) is 13. The molecule has 65 heavy (non-hydrogen) atoms. The number of aliphatic hydroxyl groups is 3. The van der Waals surface area contributed by atoms with E-state index >= 15 is 0 Å². The average Bonchev–Trinajstić information content (AvgIpc) is 3.28. The Morgan fingerprint density at radius 3 is 2.32 bits per heavy atom. The molecule has 3 fully saturated rings. The summed E-state index contributed by atoms with van der Waals surface area (Å²) < 4.78 is 52.5. The molecule has 14 heteroatoms. The maximum atomic E-state index is 14.4. The first-order valence-corrected chi connectivity index (χ1v) is 23.7. The Morgan fingerprint density at radius 2 is 1.63 bits per heavy atom. The van der Waals surface area contributed by atoms with Crippen LogP contribution >= 0.6 is 0 Å². The lowest BCUT2D eigenvalue weighted by atomic mass is 9.78. The van der Waals surface area contributed by atoms with Gasteiger partial charge < -0.3 is 43.9 Å². The van der Waals surface area contributed by atoms with Gasteiger partial charge in [0.15, 0.2) is 5.78 Å². The molecule has 1 saturated carbocycles. The van der Waals surface area contributed by atoms with Gasteiger partial charge in [-0.15, -0.1) is 0 Å². The second-order valence-electron chi connectivity index (χ2n) is 19.5. The molecule has 2 saturated heterocycles. The third-order valence-electron chi connectivity index (χ3n) is 14.3. The zero-order valence-corrected chi connectivity index (χ0v) is 40.1. The van der Waals surface area contributed by atoms with Gasteiger partial charge in [0, 0.05) is 58.4 Å². The number of aliphatic hydroxyl groups excluding tert-OH is 2. The SMILES string of the molecule is [2H]C([2H])([2H])O[C@H]1C[C@@H]2CC[C@@H](C)[C@@](O)(O2)C(=O)C(=O)N2CCCC[C@H]2C(=O)O[C@H]([C@H](C)C[C@@H]2CC[C@@H](O)[C@H](OC)C2)CC(=O)[C@H](C)/C=C(\C)[C@@H](O)[C@@H](OC)C(=O)[C@H](C)C[C@H](C)\C=C/C=C/C=C/1C. The van der Waals surface area contributed by atoms with E-state index in [-0.39, 0.29) is 67.7 Å². The standard InChI is InChI=1S/C51H79NO13/c1-30-16-12-11-13-17-31(2)42(61-8)28-38-21-19-36(7)51(60,65-38)48(57)49(58)52-23-15-14-18-39(52)50(59)64-43(33(4)26-37-20-22-40(53)44(27-37)62-9)29-41(54)32(3)25-35(6)46(56)47(63-10)45(55)34(5)24-30/h11-13,16-17,25,30,32-34,36-40,42-44,46-47,53,56,60H,14-15,18-24,26-29H2,1-10H3/b13-11+,16-12-,31-17+,35-25+/t30-,32-,33-,34-,36-,37+,38+,39+,40-,42+,43+,44-,46-,47+,51-/m1/s1/i8D3. The van der Waals surface area contributed by atoms with E-state index in [1.54, 1.807) is 72.1 Å². The molecule has 366 valence electrons. The smallest absolute Gasteiger partial charge is 0.329 e. The van der Waals surface area contributed by atoms with Gasteiger partial charge in [0.25, 0.3) is 11.7 Å². The van der Waals surface area contributed by atoms with Gasteiger partial charge in [0.2, 0.25) is 5.79 Å². The van der Waals surface area contributed by atoms with E-state index in [2.05, 4.69) is 0 Å². The highest BCUT2D eigenvalue weighted by molar-refractivity contribution is 6.39. The normalized spacial score (nSPS) is 41.3. The number of carbonyl (C=O) groups excluding carboxylic acids is 5. The van der Waals surface area contributed by atoms with Gasteiger partial charge >= 0.3 is 5.97 Å². The van der Waals surface area contributed by atoms with Crippen molar-refractivity contribution in [3.63, 3.8) is 0 Å². The van der Waals surface area contributed by atoms with E-state index in [9.17, 15) is 39.3 Å². The number of hydrogen-bond donors (Lipinski definition) is 3. The van der Waals surface area contributed by atoms with Crippen molar-refractivity contribution in [2.75, 3.05) is 27.8 Å². The molecule has 3 aliphatic heterocycles. The summed E-state index contributed by atoms with van der Waals surface area (Å²) in [5.41, 5.74) is 0.882. The first-order valence-electron chi connectivity index (χ1n) is 25.2. The number of cyclic esters (lactones) is 1. The maximum Gasteiger partial charge on any atom is 0.329 e. The van der Waals surface area contributed by atoms with Crippen LogP contribution < -0.4 is 0 Å². The Bertz CT molecular complexity index is 1870. The fourth-order valence-corrected chi connectivity index (χ4v) is 9.98. The second kappa shape index (κ2) is 25.1. The minimum Gasteiger partial charge on any atom is -0.460 e. The zero-order valence-electron chi connectivity index (χ0n) is 43.1. The Morgan fingerprint density at radius 1 is 0.892 bits per heavy atom. The van der Waals surface area contributed by atoms with Crippen molar-refractivity contribution in [1.82, 2.24) is 4.90 Å². The van der Waals surface area contributed by atoms with Crippen LogP contribution in [0.3, 0.4) is 0 Å². The topological polar surface area (TPSA) is 195 Å². The van der Waals surface area contributed by atoms with Gasteiger partial charge in [-0.2, -0.15) is 0 Å². The van der Waals surface area contributed by atoms with Gasteiger partial charge in [-0.25, -0.2) is 4.79 Å². The average molecular weight is 917 g/mol. The van der Waals surface area contributed by atoms with Crippen molar-refractivity contribution in [3.05, 3.63) is 47.6 Å². The predicted molar refractivity (Wildman–Crippen MR) is 245 cm³/mol. The van der Waals surface area contributed by atoms with Gasteiger partial charge in [0.05, 0.1) is 28.5 Å². The van der Waals surface area contributed by atoms with E-state index < -0.39 is 90.9 Å². The van der Waals surface area contributed by atoms with Crippen LogP contribution in [0.25, 0.3) is 0 Å². The number of fused-ring (bicyclic) bond motifs is 3. The van der Waals surface area contributed by atoms with Gasteiger partial charge in [-0.1, -0.05) is 71.1 Å². The first-order chi connectivity index (χ1) is 31.9. The van der Waals surface area contributed by atoms with E-state index in [4.69, 9.17) is 27.8 Å². The van der Waals surface area contributed by atoms with Crippen LogP contribution in [-0.4, -0.2) is 132 Å². The third kappa shape index (κ3) is 14.3. The lowest BCUT2D eigenvalue weighted by molar-refractivity contribution is -0.265. The quantitative estimate of drug-likeness (QED) is 0.155.